The average Bonchev–Trinajstić information content (AvgIpc) is 3.46. The Balaban J connectivity index is 0.000000678. The summed E-state index contributed by atoms with van der Waals surface area (Å²) in [6, 6.07) is 14.2. The molecule has 0 N–H and O–H groups in total. The molecule has 1 nitrogen and oxygen atoms in total. The van der Waals surface area contributed by atoms with Gasteiger partial charge >= 0.3 is 7.80 Å². The second kappa shape index (κ2) is 14.0. The summed E-state index contributed by atoms with van der Waals surface area (Å²) in [7, 11) is -1.73. The maximum atomic E-state index is 13.4. The Morgan fingerprint density at radius 1 is 0.722 bits per heavy atom. The molecule has 0 aromatic heterocycles. The number of hydrogen-bond donors (Lipinski definition) is 0. The van der Waals surface area contributed by atoms with Crippen LogP contribution in [-0.2, 0) is 21.6 Å². The van der Waals surface area contributed by atoms with Gasteiger partial charge in [0.1, 0.15) is 0 Å². The molecule has 200 valence electrons. The predicted octanol–water partition coefficient (Wildman–Crippen LogP) is 9.48. The van der Waals surface area contributed by atoms with Crippen molar-refractivity contribution in [3.05, 3.63) is 58.7 Å². The van der Waals surface area contributed by atoms with Gasteiger partial charge in [-0.15, -0.1) is 0 Å². The topological polar surface area (TPSA) is 17.1 Å². The van der Waals surface area contributed by atoms with E-state index in [-0.39, 0.29) is 22.2 Å². The van der Waals surface area contributed by atoms with Crippen molar-refractivity contribution < 1.29 is 21.6 Å². The van der Waals surface area contributed by atoms with Crippen molar-refractivity contribution in [1.82, 2.24) is 0 Å². The van der Waals surface area contributed by atoms with Gasteiger partial charge in [-0.2, -0.15) is 0 Å². The van der Waals surface area contributed by atoms with E-state index >= 15 is 0 Å². The Morgan fingerprint density at radius 2 is 1.11 bits per heavy atom. The Hall–Kier alpha value is -0.511. The van der Waals surface area contributed by atoms with Gasteiger partial charge in [0.25, 0.3) is 0 Å². The second-order valence-electron chi connectivity index (χ2n) is 12.2. The van der Waals surface area contributed by atoms with Crippen molar-refractivity contribution in [3.63, 3.8) is 0 Å². The fourth-order valence-electron chi connectivity index (χ4n) is 6.19. The van der Waals surface area contributed by atoms with Gasteiger partial charge in [-0.25, -0.2) is 0 Å². The van der Waals surface area contributed by atoms with Crippen LogP contribution in [0, 0.1) is 33.6 Å². The van der Waals surface area contributed by atoms with E-state index in [2.05, 4.69) is 91.8 Å². The summed E-state index contributed by atoms with van der Waals surface area (Å²) in [5.74, 6) is 0.542. The normalized spacial score (nSPS) is 21.0. The molecule has 3 unspecified atom stereocenters. The molecular weight excluding hydrogens is 518 g/mol. The molecule has 4 heteroatoms. The van der Waals surface area contributed by atoms with Crippen LogP contribution in [0.3, 0.4) is 0 Å². The molecule has 4 rings (SSSR count). The van der Waals surface area contributed by atoms with E-state index in [1.165, 1.54) is 77.8 Å². The molecule has 2 aromatic rings. The molecule has 2 fully saturated rings. The van der Waals surface area contributed by atoms with Gasteiger partial charge in [0.15, 0.2) is 10.8 Å². The molecule has 0 radical (unpaired) electrons. The van der Waals surface area contributed by atoms with E-state index < -0.39 is 15.7 Å². The zero-order chi connectivity index (χ0) is 25.8. The molecule has 0 saturated heterocycles. The zero-order valence-corrected chi connectivity index (χ0v) is 26.9. The quantitative estimate of drug-likeness (QED) is 0.260. The van der Waals surface area contributed by atoms with E-state index in [0.29, 0.717) is 17.2 Å². The molecular formula is C32H49FeOP2+. The molecule has 36 heavy (non-hydrogen) atoms. The summed E-state index contributed by atoms with van der Waals surface area (Å²) in [4.78, 5) is 0. The summed E-state index contributed by atoms with van der Waals surface area (Å²) >= 11 is 0. The fourth-order valence-corrected chi connectivity index (χ4v) is 11.8. The van der Waals surface area contributed by atoms with E-state index in [0.717, 1.165) is 6.42 Å². The third-order valence-corrected chi connectivity index (χ3v) is 13.1. The Kier molecular flexibility index (Phi) is 12.4. The second-order valence-corrected chi connectivity index (χ2v) is 17.5. The maximum Gasteiger partial charge on any atom is 0.347 e. The Bertz CT molecular complexity index is 906. The van der Waals surface area contributed by atoms with E-state index in [4.69, 9.17) is 0 Å². The molecule has 2 aromatic carbocycles. The third kappa shape index (κ3) is 8.50. The van der Waals surface area contributed by atoms with Gasteiger partial charge in [0.05, 0.1) is 0 Å². The molecule has 0 heterocycles. The van der Waals surface area contributed by atoms with Crippen LogP contribution in [0.15, 0.2) is 36.4 Å². The maximum absolute atomic E-state index is 13.4. The Labute approximate surface area is 235 Å². The van der Waals surface area contributed by atoms with Crippen molar-refractivity contribution in [2.45, 2.75) is 123 Å². The number of benzene rings is 2. The minimum absolute atomic E-state index is 0. The minimum Gasteiger partial charge on any atom is -0.0739 e. The zero-order valence-electron chi connectivity index (χ0n) is 24.0. The predicted molar refractivity (Wildman–Crippen MR) is 159 cm³/mol. The van der Waals surface area contributed by atoms with Crippen LogP contribution < -0.4 is 10.6 Å². The Morgan fingerprint density at radius 3 is 1.47 bits per heavy atom. The SMILES string of the molecule is C1CCCC1.Cc1cc(C)cc(P(c2cc(C)cc(C)c2)[C@H](C)C2CCCC2[P+](=O)C(C)(C)C)c1.[Fe]. The standard InChI is InChI=1S/C27H39OP2.C5H10.Fe/c1-18-12-19(2)15-23(14-18)29(24-16-20(3)13-21(4)17-24)22(5)25-10-9-11-26(25)30(28)27(6,7)8;1-2-4-5-3-1;/h12-17,22,25-26H,9-11H2,1-8H3;1-5H2;/q+1;;/t22-,25?,26?;;/m1../s1. The van der Waals surface area contributed by atoms with Gasteiger partial charge in [-0.1, -0.05) is 102 Å². The van der Waals surface area contributed by atoms with Crippen molar-refractivity contribution in [1.29, 1.82) is 0 Å². The van der Waals surface area contributed by atoms with Crippen LogP contribution in [0.5, 0.6) is 0 Å². The van der Waals surface area contributed by atoms with Crippen LogP contribution in [0.1, 0.15) is 101 Å². The van der Waals surface area contributed by atoms with Gasteiger partial charge in [-0.05, 0) is 91.9 Å². The van der Waals surface area contributed by atoms with Crippen LogP contribution in [-0.4, -0.2) is 16.5 Å². The first-order valence-electron chi connectivity index (χ1n) is 13.9. The molecule has 2 saturated carbocycles. The van der Waals surface area contributed by atoms with Crippen molar-refractivity contribution >= 4 is 26.3 Å². The van der Waals surface area contributed by atoms with Gasteiger partial charge in [0.2, 0.25) is 0 Å². The first kappa shape index (κ1) is 31.7. The number of hydrogen-bond acceptors (Lipinski definition) is 1. The van der Waals surface area contributed by atoms with Gasteiger partial charge < -0.3 is 0 Å². The summed E-state index contributed by atoms with van der Waals surface area (Å²) in [5, 5.41) is 2.86. The molecule has 2 aliphatic rings. The summed E-state index contributed by atoms with van der Waals surface area (Å²) in [6.45, 7) is 17.8. The van der Waals surface area contributed by atoms with Crippen LogP contribution in [0.25, 0.3) is 0 Å². The summed E-state index contributed by atoms with van der Waals surface area (Å²) < 4.78 is 13.4. The summed E-state index contributed by atoms with van der Waals surface area (Å²) in [6.07, 6.45) is 11.1. The number of rotatable bonds is 5. The molecule has 4 atom stereocenters. The molecule has 0 bridgehead atoms. The van der Waals surface area contributed by atoms with Crippen molar-refractivity contribution in [2.24, 2.45) is 5.92 Å². The fraction of sp³-hybridized carbons (Fsp3) is 0.625. The van der Waals surface area contributed by atoms with E-state index in [9.17, 15) is 4.57 Å². The minimum atomic E-state index is -1.22. The largest absolute Gasteiger partial charge is 0.347 e. The first-order chi connectivity index (χ1) is 16.5. The first-order valence-corrected chi connectivity index (χ1v) is 16.6. The van der Waals surface area contributed by atoms with Gasteiger partial charge in [-0.3, -0.25) is 0 Å². The molecule has 2 aliphatic carbocycles. The average molecular weight is 568 g/mol. The van der Waals surface area contributed by atoms with Gasteiger partial charge in [0, 0.05) is 23.0 Å². The van der Waals surface area contributed by atoms with Crippen LogP contribution in [0.4, 0.5) is 0 Å². The van der Waals surface area contributed by atoms with Crippen molar-refractivity contribution in [3.8, 4) is 0 Å². The van der Waals surface area contributed by atoms with E-state index in [1.807, 2.05) is 0 Å². The molecule has 0 aliphatic heterocycles. The number of aryl methyl sites for hydroxylation is 4. The smallest absolute Gasteiger partial charge is 0.0739 e. The summed E-state index contributed by atoms with van der Waals surface area (Å²) in [5.41, 5.74) is 6.26. The van der Waals surface area contributed by atoms with Crippen molar-refractivity contribution in [2.75, 3.05) is 0 Å². The van der Waals surface area contributed by atoms with Crippen LogP contribution >= 0.6 is 15.7 Å². The molecule has 0 amide bonds. The monoisotopic (exact) mass is 567 g/mol. The molecule has 0 spiro atoms. The van der Waals surface area contributed by atoms with E-state index in [1.54, 1.807) is 0 Å². The third-order valence-electron chi connectivity index (χ3n) is 7.74. The van der Waals surface area contributed by atoms with Crippen LogP contribution in [0.2, 0.25) is 0 Å².